The summed E-state index contributed by atoms with van der Waals surface area (Å²) in [6, 6.07) is 0. The van der Waals surface area contributed by atoms with E-state index in [0.29, 0.717) is 16.2 Å². The van der Waals surface area contributed by atoms with Crippen LogP contribution in [0.15, 0.2) is 6.33 Å². The smallest absolute Gasteiger partial charge is 0.139 e. The largest absolute Gasteiger partial charge is 0.317 e. The van der Waals surface area contributed by atoms with Gasteiger partial charge in [0.05, 0.1) is 0 Å². The van der Waals surface area contributed by atoms with Gasteiger partial charge in [-0.25, -0.2) is 0 Å². The Morgan fingerprint density at radius 3 is 2.45 bits per heavy atom. The van der Waals surface area contributed by atoms with Gasteiger partial charge in [-0.2, -0.15) is 0 Å². The van der Waals surface area contributed by atoms with Crippen LogP contribution < -0.4 is 0 Å². The molecule has 1 aromatic rings. The van der Waals surface area contributed by atoms with Crippen molar-refractivity contribution >= 4 is 0 Å². The number of hydrogen-bond donors (Lipinski definition) is 0. The highest BCUT2D eigenvalue weighted by Gasteiger charge is 2.61. The molecule has 20 heavy (non-hydrogen) atoms. The van der Waals surface area contributed by atoms with Crippen LogP contribution in [0.5, 0.6) is 0 Å². The van der Waals surface area contributed by atoms with E-state index in [0.717, 1.165) is 12.5 Å². The molecular weight excluding hydrogens is 246 g/mol. The number of hydrogen-bond acceptors (Lipinski definition) is 2. The van der Waals surface area contributed by atoms with E-state index in [1.54, 1.807) is 0 Å². The monoisotopic (exact) mass is 273 g/mol. The standard InChI is InChI=1S/C17H27N3/c1-4-5-20-12-18-19-14(20)17-8-13-6-15(2,10-17)9-16(3,7-13)11-17/h12-13H,4-11H2,1-3H3. The van der Waals surface area contributed by atoms with Gasteiger partial charge in [0.15, 0.2) is 0 Å². The zero-order valence-electron chi connectivity index (χ0n) is 13.2. The summed E-state index contributed by atoms with van der Waals surface area (Å²) in [5.41, 5.74) is 1.43. The minimum absolute atomic E-state index is 0.328. The van der Waals surface area contributed by atoms with Crippen molar-refractivity contribution in [1.29, 1.82) is 0 Å². The van der Waals surface area contributed by atoms with Crippen LogP contribution in [0.1, 0.15) is 71.5 Å². The molecule has 2 atom stereocenters. The lowest BCUT2D eigenvalue weighted by Gasteiger charge is -2.64. The highest BCUT2D eigenvalue weighted by Crippen LogP contribution is 2.69. The molecule has 1 aromatic heterocycles. The lowest BCUT2D eigenvalue weighted by atomic mass is 9.40. The Morgan fingerprint density at radius 2 is 1.85 bits per heavy atom. The molecule has 4 fully saturated rings. The van der Waals surface area contributed by atoms with E-state index in [9.17, 15) is 0 Å². The summed E-state index contributed by atoms with van der Waals surface area (Å²) >= 11 is 0. The molecule has 0 aromatic carbocycles. The highest BCUT2D eigenvalue weighted by atomic mass is 15.3. The maximum absolute atomic E-state index is 4.60. The minimum atomic E-state index is 0.328. The molecule has 4 aliphatic rings. The summed E-state index contributed by atoms with van der Waals surface area (Å²) in [7, 11) is 0. The van der Waals surface area contributed by atoms with Gasteiger partial charge in [-0.05, 0) is 61.7 Å². The van der Waals surface area contributed by atoms with Gasteiger partial charge < -0.3 is 4.57 Å². The van der Waals surface area contributed by atoms with Crippen LogP contribution in [0.2, 0.25) is 0 Å². The SMILES string of the molecule is CCCn1cnnc1C12CC3CC(C)(CC(C)(C3)C1)C2. The molecule has 5 rings (SSSR count). The first-order valence-corrected chi connectivity index (χ1v) is 8.34. The molecule has 0 amide bonds. The fourth-order valence-electron chi connectivity index (χ4n) is 6.77. The Bertz CT molecular complexity index is 514. The van der Waals surface area contributed by atoms with Gasteiger partial charge in [0.1, 0.15) is 12.2 Å². The third kappa shape index (κ3) is 1.71. The quantitative estimate of drug-likeness (QED) is 0.835. The van der Waals surface area contributed by atoms with Gasteiger partial charge in [-0.15, -0.1) is 10.2 Å². The third-order valence-corrected chi connectivity index (χ3v) is 6.18. The summed E-state index contributed by atoms with van der Waals surface area (Å²) < 4.78 is 2.35. The molecule has 1 heterocycles. The van der Waals surface area contributed by atoms with Gasteiger partial charge in [-0.1, -0.05) is 20.8 Å². The summed E-state index contributed by atoms with van der Waals surface area (Å²) in [5.74, 6) is 2.23. The van der Waals surface area contributed by atoms with Crippen LogP contribution in [0.3, 0.4) is 0 Å². The Balaban J connectivity index is 1.78. The van der Waals surface area contributed by atoms with Gasteiger partial charge in [0, 0.05) is 12.0 Å². The number of rotatable bonds is 3. The molecule has 0 N–H and O–H groups in total. The van der Waals surface area contributed by atoms with E-state index in [4.69, 9.17) is 0 Å². The molecule has 3 heteroatoms. The number of nitrogens with zero attached hydrogens (tertiary/aromatic N) is 3. The fraction of sp³-hybridized carbons (Fsp3) is 0.882. The Hall–Kier alpha value is -0.860. The van der Waals surface area contributed by atoms with Crippen molar-refractivity contribution in [3.8, 4) is 0 Å². The van der Waals surface area contributed by atoms with E-state index >= 15 is 0 Å². The maximum atomic E-state index is 4.60. The Labute approximate surface area is 122 Å². The van der Waals surface area contributed by atoms with Crippen molar-refractivity contribution in [1.82, 2.24) is 14.8 Å². The van der Waals surface area contributed by atoms with E-state index in [2.05, 4.69) is 35.5 Å². The average Bonchev–Trinajstić information content (AvgIpc) is 2.73. The van der Waals surface area contributed by atoms with Crippen molar-refractivity contribution in [2.45, 2.75) is 77.7 Å². The second-order valence-corrected chi connectivity index (χ2v) is 8.76. The predicted molar refractivity (Wildman–Crippen MR) is 79.4 cm³/mol. The minimum Gasteiger partial charge on any atom is -0.317 e. The van der Waals surface area contributed by atoms with Gasteiger partial charge >= 0.3 is 0 Å². The normalized spacial score (nSPS) is 46.0. The Morgan fingerprint density at radius 1 is 1.15 bits per heavy atom. The van der Waals surface area contributed by atoms with Crippen LogP contribution in [0.25, 0.3) is 0 Å². The zero-order valence-corrected chi connectivity index (χ0v) is 13.2. The van der Waals surface area contributed by atoms with E-state index in [1.807, 2.05) is 6.33 Å². The van der Waals surface area contributed by atoms with Gasteiger partial charge in [0.25, 0.3) is 0 Å². The zero-order chi connectivity index (χ0) is 14.0. The summed E-state index contributed by atoms with van der Waals surface area (Å²) in [6.45, 7) is 8.38. The molecule has 0 radical (unpaired) electrons. The molecule has 0 aliphatic heterocycles. The van der Waals surface area contributed by atoms with E-state index in [-0.39, 0.29) is 0 Å². The molecule has 3 nitrogen and oxygen atoms in total. The number of aromatic nitrogens is 3. The Kier molecular flexibility index (Phi) is 2.48. The van der Waals surface area contributed by atoms with Crippen molar-refractivity contribution in [3.05, 3.63) is 12.2 Å². The lowest BCUT2D eigenvalue weighted by Crippen LogP contribution is -2.57. The molecule has 0 saturated heterocycles. The van der Waals surface area contributed by atoms with Crippen molar-refractivity contribution in [2.75, 3.05) is 0 Å². The highest BCUT2D eigenvalue weighted by molar-refractivity contribution is 5.22. The van der Waals surface area contributed by atoms with Crippen LogP contribution in [-0.4, -0.2) is 14.8 Å². The lowest BCUT2D eigenvalue weighted by molar-refractivity contribution is -0.113. The molecule has 0 spiro atoms. The second kappa shape index (κ2) is 3.86. The molecular formula is C17H27N3. The molecule has 2 unspecified atom stereocenters. The molecule has 4 aliphatic carbocycles. The van der Waals surface area contributed by atoms with E-state index < -0.39 is 0 Å². The first-order valence-electron chi connectivity index (χ1n) is 8.34. The summed E-state index contributed by atoms with van der Waals surface area (Å²) in [6.07, 6.45) is 11.5. The first kappa shape index (κ1) is 12.8. The fourth-order valence-corrected chi connectivity index (χ4v) is 6.77. The van der Waals surface area contributed by atoms with Crippen LogP contribution >= 0.6 is 0 Å². The van der Waals surface area contributed by atoms with Gasteiger partial charge in [-0.3, -0.25) is 0 Å². The van der Waals surface area contributed by atoms with Gasteiger partial charge in [0.2, 0.25) is 0 Å². The second-order valence-electron chi connectivity index (χ2n) is 8.76. The summed E-state index contributed by atoms with van der Waals surface area (Å²) in [5, 5.41) is 8.86. The number of aryl methyl sites for hydroxylation is 1. The first-order chi connectivity index (χ1) is 9.46. The van der Waals surface area contributed by atoms with Crippen LogP contribution in [0.4, 0.5) is 0 Å². The van der Waals surface area contributed by atoms with Crippen LogP contribution in [-0.2, 0) is 12.0 Å². The average molecular weight is 273 g/mol. The van der Waals surface area contributed by atoms with Crippen LogP contribution in [0, 0.1) is 16.7 Å². The van der Waals surface area contributed by atoms with Crippen molar-refractivity contribution in [2.24, 2.45) is 16.7 Å². The maximum Gasteiger partial charge on any atom is 0.139 e. The third-order valence-electron chi connectivity index (χ3n) is 6.18. The molecule has 4 saturated carbocycles. The topological polar surface area (TPSA) is 30.7 Å². The summed E-state index contributed by atoms with van der Waals surface area (Å²) in [4.78, 5) is 0. The molecule has 110 valence electrons. The van der Waals surface area contributed by atoms with E-state index in [1.165, 1.54) is 50.8 Å². The molecule has 4 bridgehead atoms. The van der Waals surface area contributed by atoms with Crippen molar-refractivity contribution < 1.29 is 0 Å². The van der Waals surface area contributed by atoms with Crippen molar-refractivity contribution in [3.63, 3.8) is 0 Å². The predicted octanol–water partition coefficient (Wildman–Crippen LogP) is 3.94.